The molecule has 2 amide bonds. The van der Waals surface area contributed by atoms with Gasteiger partial charge in [-0.15, -0.1) is 11.8 Å². The fourth-order valence-corrected chi connectivity index (χ4v) is 1.90. The zero-order chi connectivity index (χ0) is 9.68. The lowest BCUT2D eigenvalue weighted by Crippen LogP contribution is -2.46. The van der Waals surface area contributed by atoms with Crippen LogP contribution in [0.15, 0.2) is 0 Å². The first-order valence-electron chi connectivity index (χ1n) is 4.37. The molecular weight excluding hydrogens is 188 g/mol. The minimum Gasteiger partial charge on any atom is -0.315 e. The molecule has 1 aliphatic rings. The maximum atomic E-state index is 11.3. The Hall–Kier alpha value is -0.550. The van der Waals surface area contributed by atoms with Crippen molar-refractivity contribution in [1.29, 1.82) is 0 Å². The van der Waals surface area contributed by atoms with Gasteiger partial charge in [0.15, 0.2) is 0 Å². The molecule has 0 aromatic rings. The Kier molecular flexibility index (Phi) is 4.24. The van der Waals surface area contributed by atoms with E-state index in [2.05, 4.69) is 5.32 Å². The molecule has 0 saturated carbocycles. The van der Waals surface area contributed by atoms with Crippen LogP contribution in [0.5, 0.6) is 0 Å². The Balaban J connectivity index is 2.35. The van der Waals surface area contributed by atoms with Crippen LogP contribution in [0.1, 0.15) is 6.92 Å². The highest BCUT2D eigenvalue weighted by molar-refractivity contribution is 8.00. The maximum Gasteiger partial charge on any atom is 0.239 e. The molecule has 0 radical (unpaired) electrons. The van der Waals surface area contributed by atoms with E-state index in [0.717, 1.165) is 6.54 Å². The number of imide groups is 1. The first-order valence-corrected chi connectivity index (χ1v) is 5.53. The predicted octanol–water partition coefficient (Wildman–Crippen LogP) is -0.302. The van der Waals surface area contributed by atoms with Crippen molar-refractivity contribution in [2.45, 2.75) is 6.92 Å². The summed E-state index contributed by atoms with van der Waals surface area (Å²) in [6.07, 6.45) is 0. The van der Waals surface area contributed by atoms with Crippen molar-refractivity contribution in [1.82, 2.24) is 10.2 Å². The second-order valence-electron chi connectivity index (χ2n) is 2.79. The molecule has 1 heterocycles. The van der Waals surface area contributed by atoms with Gasteiger partial charge >= 0.3 is 0 Å². The first-order chi connectivity index (χ1) is 6.25. The summed E-state index contributed by atoms with van der Waals surface area (Å²) in [4.78, 5) is 23.9. The molecule has 1 aliphatic heterocycles. The molecule has 1 saturated heterocycles. The van der Waals surface area contributed by atoms with Gasteiger partial charge in [0.2, 0.25) is 11.8 Å². The van der Waals surface area contributed by atoms with E-state index in [-0.39, 0.29) is 11.8 Å². The number of likely N-dealkylation sites (N-methyl/N-ethyl adjacent to an activating group) is 1. The molecule has 1 N–H and O–H groups in total. The predicted molar refractivity (Wildman–Crippen MR) is 52.6 cm³/mol. The molecule has 0 spiro atoms. The number of carbonyl (C=O) groups is 2. The van der Waals surface area contributed by atoms with Crippen LogP contribution in [0.2, 0.25) is 0 Å². The zero-order valence-corrected chi connectivity index (χ0v) is 8.52. The number of nitrogens with one attached hydrogen (secondary N) is 1. The molecule has 4 nitrogen and oxygen atoms in total. The summed E-state index contributed by atoms with van der Waals surface area (Å²) in [5.74, 6) is 0.772. The van der Waals surface area contributed by atoms with Crippen LogP contribution < -0.4 is 5.32 Å². The summed E-state index contributed by atoms with van der Waals surface area (Å²) >= 11 is 1.39. The topological polar surface area (TPSA) is 49.4 Å². The molecule has 1 rings (SSSR count). The highest BCUT2D eigenvalue weighted by Gasteiger charge is 2.25. The van der Waals surface area contributed by atoms with Gasteiger partial charge in [-0.2, -0.15) is 0 Å². The van der Waals surface area contributed by atoms with Crippen molar-refractivity contribution in [3.63, 3.8) is 0 Å². The molecule has 0 unspecified atom stereocenters. The van der Waals surface area contributed by atoms with Crippen molar-refractivity contribution in [2.24, 2.45) is 0 Å². The number of rotatable bonds is 4. The summed E-state index contributed by atoms with van der Waals surface area (Å²) in [6, 6.07) is 0. The van der Waals surface area contributed by atoms with Crippen molar-refractivity contribution < 1.29 is 9.59 Å². The second-order valence-corrected chi connectivity index (χ2v) is 3.77. The summed E-state index contributed by atoms with van der Waals surface area (Å²) in [7, 11) is 0. The fraction of sp³-hybridized carbons (Fsp3) is 0.750. The van der Waals surface area contributed by atoms with Crippen LogP contribution in [-0.4, -0.2) is 47.9 Å². The van der Waals surface area contributed by atoms with E-state index in [0.29, 0.717) is 24.6 Å². The summed E-state index contributed by atoms with van der Waals surface area (Å²) in [5, 5.41) is 3.08. The summed E-state index contributed by atoms with van der Waals surface area (Å²) in [5.41, 5.74) is 0. The van der Waals surface area contributed by atoms with Gasteiger partial charge in [0.05, 0.1) is 11.5 Å². The fourth-order valence-electron chi connectivity index (χ4n) is 1.14. The Morgan fingerprint density at radius 3 is 2.54 bits per heavy atom. The third-order valence-corrected chi connectivity index (χ3v) is 2.72. The molecule has 0 atom stereocenters. The molecule has 0 aromatic carbocycles. The van der Waals surface area contributed by atoms with Crippen LogP contribution in [0, 0.1) is 0 Å². The monoisotopic (exact) mass is 202 g/mol. The van der Waals surface area contributed by atoms with E-state index < -0.39 is 0 Å². The van der Waals surface area contributed by atoms with Gasteiger partial charge in [0.1, 0.15) is 0 Å². The van der Waals surface area contributed by atoms with E-state index in [1.54, 1.807) is 0 Å². The van der Waals surface area contributed by atoms with E-state index >= 15 is 0 Å². The van der Waals surface area contributed by atoms with E-state index in [1.165, 1.54) is 16.7 Å². The van der Waals surface area contributed by atoms with Crippen LogP contribution in [0.3, 0.4) is 0 Å². The third kappa shape index (κ3) is 3.00. The smallest absolute Gasteiger partial charge is 0.239 e. The van der Waals surface area contributed by atoms with Crippen molar-refractivity contribution in [3.05, 3.63) is 0 Å². The average Bonchev–Trinajstić information content (AvgIpc) is 2.10. The van der Waals surface area contributed by atoms with E-state index in [4.69, 9.17) is 0 Å². The van der Waals surface area contributed by atoms with Gasteiger partial charge in [-0.3, -0.25) is 14.5 Å². The first kappa shape index (κ1) is 10.5. The lowest BCUT2D eigenvalue weighted by atomic mass is 10.4. The maximum absolute atomic E-state index is 11.3. The Morgan fingerprint density at radius 2 is 2.00 bits per heavy atom. The van der Waals surface area contributed by atoms with Gasteiger partial charge < -0.3 is 5.32 Å². The molecule has 1 fully saturated rings. The van der Waals surface area contributed by atoms with Crippen molar-refractivity contribution in [3.8, 4) is 0 Å². The van der Waals surface area contributed by atoms with E-state index in [1.807, 2.05) is 6.92 Å². The summed E-state index contributed by atoms with van der Waals surface area (Å²) < 4.78 is 0. The van der Waals surface area contributed by atoms with Gasteiger partial charge in [0.25, 0.3) is 0 Å². The van der Waals surface area contributed by atoms with Gasteiger partial charge in [0, 0.05) is 13.1 Å². The summed E-state index contributed by atoms with van der Waals surface area (Å²) in [6.45, 7) is 4.06. The van der Waals surface area contributed by atoms with Gasteiger partial charge in [-0.1, -0.05) is 6.92 Å². The molecular formula is C8H14N2O2S. The Labute approximate surface area is 82.0 Å². The van der Waals surface area contributed by atoms with E-state index in [9.17, 15) is 9.59 Å². The Morgan fingerprint density at radius 1 is 1.38 bits per heavy atom. The molecule has 5 heteroatoms. The average molecular weight is 202 g/mol. The molecule has 0 aliphatic carbocycles. The number of hydrogen-bond donors (Lipinski definition) is 1. The van der Waals surface area contributed by atoms with Crippen molar-refractivity contribution in [2.75, 3.05) is 31.1 Å². The molecule has 13 heavy (non-hydrogen) atoms. The third-order valence-electron chi connectivity index (χ3n) is 1.82. The number of nitrogens with zero attached hydrogens (tertiary/aromatic N) is 1. The standard InChI is InChI=1S/C8H14N2O2S/c1-2-9-3-4-10-7(11)5-13-6-8(10)12/h9H,2-6H2,1H3. The lowest BCUT2D eigenvalue weighted by molar-refractivity contribution is -0.142. The number of hydrogen-bond acceptors (Lipinski definition) is 4. The Bertz CT molecular complexity index is 192. The zero-order valence-electron chi connectivity index (χ0n) is 7.71. The number of carbonyl (C=O) groups excluding carboxylic acids is 2. The molecule has 0 aromatic heterocycles. The van der Waals surface area contributed by atoms with Crippen LogP contribution >= 0.6 is 11.8 Å². The van der Waals surface area contributed by atoms with Crippen LogP contribution in [0.4, 0.5) is 0 Å². The quantitative estimate of drug-likeness (QED) is 0.502. The lowest BCUT2D eigenvalue weighted by Gasteiger charge is -2.24. The minimum atomic E-state index is -0.0563. The second kappa shape index (κ2) is 5.24. The van der Waals surface area contributed by atoms with Crippen LogP contribution in [0.25, 0.3) is 0 Å². The SMILES string of the molecule is CCNCCN1C(=O)CSCC1=O. The minimum absolute atomic E-state index is 0.0563. The van der Waals surface area contributed by atoms with Crippen LogP contribution in [-0.2, 0) is 9.59 Å². The van der Waals surface area contributed by atoms with Crippen molar-refractivity contribution >= 4 is 23.6 Å². The molecule has 74 valence electrons. The number of amides is 2. The largest absolute Gasteiger partial charge is 0.315 e. The van der Waals surface area contributed by atoms with Gasteiger partial charge in [-0.25, -0.2) is 0 Å². The molecule has 0 bridgehead atoms. The highest BCUT2D eigenvalue weighted by atomic mass is 32.2. The number of thioether (sulfide) groups is 1. The van der Waals surface area contributed by atoms with Gasteiger partial charge in [-0.05, 0) is 6.54 Å². The normalized spacial score (nSPS) is 18.1. The highest BCUT2D eigenvalue weighted by Crippen LogP contribution is 2.11.